The molecule has 0 radical (unpaired) electrons. The summed E-state index contributed by atoms with van der Waals surface area (Å²) in [6.45, 7) is 4.99. The van der Waals surface area contributed by atoms with Crippen LogP contribution in [0.2, 0.25) is 0 Å². The molecule has 1 fully saturated rings. The van der Waals surface area contributed by atoms with Gasteiger partial charge in [0.2, 0.25) is 17.7 Å². The van der Waals surface area contributed by atoms with Crippen molar-refractivity contribution in [1.82, 2.24) is 21.3 Å². The number of hydrogen-bond acceptors (Lipinski definition) is 6. The summed E-state index contributed by atoms with van der Waals surface area (Å²) < 4.78 is 11.1. The van der Waals surface area contributed by atoms with Crippen molar-refractivity contribution >= 4 is 23.6 Å². The van der Waals surface area contributed by atoms with Gasteiger partial charge >= 0.3 is 0 Å². The minimum absolute atomic E-state index is 0.0166. The molecule has 1 heterocycles. The maximum atomic E-state index is 13.5. The van der Waals surface area contributed by atoms with Gasteiger partial charge in [-0.3, -0.25) is 19.2 Å². The van der Waals surface area contributed by atoms with Crippen molar-refractivity contribution in [2.45, 2.75) is 76.4 Å². The second-order valence-corrected chi connectivity index (χ2v) is 10.2. The molecule has 1 aromatic rings. The molecule has 4 amide bonds. The van der Waals surface area contributed by atoms with E-state index >= 15 is 0 Å². The van der Waals surface area contributed by atoms with Crippen molar-refractivity contribution in [3.8, 4) is 5.75 Å². The molecule has 2 atom stereocenters. The van der Waals surface area contributed by atoms with E-state index in [9.17, 15) is 19.2 Å². The van der Waals surface area contributed by atoms with Gasteiger partial charge in [-0.2, -0.15) is 0 Å². The van der Waals surface area contributed by atoms with Crippen molar-refractivity contribution in [2.24, 2.45) is 5.92 Å². The van der Waals surface area contributed by atoms with E-state index in [0.717, 1.165) is 12.8 Å². The van der Waals surface area contributed by atoms with Crippen LogP contribution < -0.4 is 26.0 Å². The zero-order valence-corrected chi connectivity index (χ0v) is 22.1. The van der Waals surface area contributed by atoms with Crippen LogP contribution in [0.15, 0.2) is 24.3 Å². The van der Waals surface area contributed by atoms with Crippen LogP contribution in [0.25, 0.3) is 0 Å². The van der Waals surface area contributed by atoms with E-state index in [1.807, 2.05) is 13.8 Å². The highest BCUT2D eigenvalue weighted by molar-refractivity contribution is 6.00. The third-order valence-electron chi connectivity index (χ3n) is 7.05. The minimum atomic E-state index is -0.983. The predicted octanol–water partition coefficient (Wildman–Crippen LogP) is 1.68. The fourth-order valence-corrected chi connectivity index (χ4v) is 4.72. The number of fused-ring (bicyclic) bond motifs is 1. The first-order valence-corrected chi connectivity index (χ1v) is 13.2. The third-order valence-corrected chi connectivity index (χ3v) is 7.05. The van der Waals surface area contributed by atoms with E-state index < -0.39 is 17.5 Å². The van der Waals surface area contributed by atoms with E-state index in [4.69, 9.17) is 9.47 Å². The summed E-state index contributed by atoms with van der Waals surface area (Å²) in [7, 11) is 1.58. The average molecular weight is 517 g/mol. The number of amides is 4. The van der Waals surface area contributed by atoms with Crippen LogP contribution in [0.4, 0.5) is 0 Å². The molecule has 0 saturated heterocycles. The van der Waals surface area contributed by atoms with Crippen molar-refractivity contribution in [1.29, 1.82) is 0 Å². The first-order valence-electron chi connectivity index (χ1n) is 13.2. The van der Waals surface area contributed by atoms with Crippen LogP contribution in [-0.2, 0) is 19.1 Å². The Labute approximate surface area is 218 Å². The Bertz CT molecular complexity index is 960. The molecular weight excluding hydrogens is 476 g/mol. The highest BCUT2D eigenvalue weighted by Gasteiger charge is 2.43. The molecule has 1 aliphatic carbocycles. The van der Waals surface area contributed by atoms with Crippen LogP contribution in [-0.4, -0.2) is 68.1 Å². The number of carbonyl (C=O) groups is 4. The molecule has 0 unspecified atom stereocenters. The normalized spacial score (nSPS) is 22.6. The molecule has 1 spiro atoms. The largest absolute Gasteiger partial charge is 0.491 e. The second-order valence-electron chi connectivity index (χ2n) is 10.2. The Balaban J connectivity index is 1.89. The highest BCUT2D eigenvalue weighted by Crippen LogP contribution is 2.31. The van der Waals surface area contributed by atoms with Crippen molar-refractivity contribution in [3.05, 3.63) is 29.8 Å². The number of methoxy groups -OCH3 is 1. The molecule has 3 rings (SSSR count). The smallest absolute Gasteiger partial charge is 0.255 e. The van der Waals surface area contributed by atoms with Crippen LogP contribution in [0.1, 0.15) is 69.2 Å². The van der Waals surface area contributed by atoms with E-state index in [0.29, 0.717) is 38.2 Å². The Morgan fingerprint density at radius 3 is 2.59 bits per heavy atom. The standard InChI is InChI=1S/C27H40N4O6/c1-18(2)21-17-37-22-10-5-4-9-19(22)24(33)29-20(25(34)28-15-8-16-36-3)11-12-23(32)31-27(26(35)30-21)13-6-7-14-27/h4-5,9-10,18,20-21H,6-8,11-17H2,1-3H3,(H,28,34)(H,29,33)(H,30,35)(H,31,32)/t20-,21+/m0/s1. The molecule has 0 aromatic heterocycles. The first kappa shape index (κ1) is 28.4. The molecule has 1 aliphatic heterocycles. The molecule has 204 valence electrons. The van der Waals surface area contributed by atoms with Gasteiger partial charge in [0.15, 0.2) is 0 Å². The number of hydrogen-bond donors (Lipinski definition) is 4. The summed E-state index contributed by atoms with van der Waals surface area (Å²) in [5.74, 6) is -0.977. The lowest BCUT2D eigenvalue weighted by molar-refractivity contribution is -0.134. The van der Waals surface area contributed by atoms with Crippen LogP contribution >= 0.6 is 0 Å². The molecule has 2 aliphatic rings. The van der Waals surface area contributed by atoms with Gasteiger partial charge in [-0.25, -0.2) is 0 Å². The predicted molar refractivity (Wildman–Crippen MR) is 138 cm³/mol. The fourth-order valence-electron chi connectivity index (χ4n) is 4.72. The van der Waals surface area contributed by atoms with Gasteiger partial charge in [0, 0.05) is 26.7 Å². The third kappa shape index (κ3) is 7.67. The van der Waals surface area contributed by atoms with Crippen molar-refractivity contribution in [2.75, 3.05) is 26.9 Å². The number of rotatable bonds is 6. The zero-order chi connectivity index (χ0) is 26.8. The number of carbonyl (C=O) groups excluding carboxylic acids is 4. The zero-order valence-electron chi connectivity index (χ0n) is 22.1. The molecule has 4 N–H and O–H groups in total. The summed E-state index contributed by atoms with van der Waals surface area (Å²) in [4.78, 5) is 52.6. The SMILES string of the molecule is COCCCNC(=O)[C@@H]1CCC(=O)NC2(CCCC2)C(=O)N[C@@H](C(C)C)COc2ccccc2C(=O)N1. The first-order chi connectivity index (χ1) is 17.8. The van der Waals surface area contributed by atoms with E-state index in [1.54, 1.807) is 31.4 Å². The maximum Gasteiger partial charge on any atom is 0.255 e. The summed E-state index contributed by atoms with van der Waals surface area (Å²) in [6.07, 6.45) is 3.48. The van der Waals surface area contributed by atoms with Crippen LogP contribution in [0.3, 0.4) is 0 Å². The van der Waals surface area contributed by atoms with Gasteiger partial charge < -0.3 is 30.7 Å². The van der Waals surface area contributed by atoms with Crippen LogP contribution in [0, 0.1) is 5.92 Å². The topological polar surface area (TPSA) is 135 Å². The molecule has 37 heavy (non-hydrogen) atoms. The summed E-state index contributed by atoms with van der Waals surface area (Å²) in [5, 5.41) is 11.6. The Hall–Kier alpha value is -3.14. The molecular formula is C27H40N4O6. The van der Waals surface area contributed by atoms with E-state index in [2.05, 4.69) is 21.3 Å². The number of ether oxygens (including phenoxy) is 2. The highest BCUT2D eigenvalue weighted by atomic mass is 16.5. The Morgan fingerprint density at radius 1 is 1.16 bits per heavy atom. The fraction of sp³-hybridized carbons (Fsp3) is 0.630. The number of nitrogens with one attached hydrogen (secondary N) is 4. The van der Waals surface area contributed by atoms with Gasteiger partial charge in [0.25, 0.3) is 5.91 Å². The van der Waals surface area contributed by atoms with Gasteiger partial charge in [-0.15, -0.1) is 0 Å². The number of benzene rings is 1. The van der Waals surface area contributed by atoms with E-state index in [-0.39, 0.29) is 54.7 Å². The molecule has 10 heteroatoms. The summed E-state index contributed by atoms with van der Waals surface area (Å²) in [6, 6.07) is 5.54. The number of para-hydroxylation sites is 1. The Morgan fingerprint density at radius 2 is 1.89 bits per heavy atom. The maximum absolute atomic E-state index is 13.5. The molecule has 1 saturated carbocycles. The second kappa shape index (κ2) is 13.4. The van der Waals surface area contributed by atoms with Crippen molar-refractivity contribution in [3.63, 3.8) is 0 Å². The molecule has 1 aromatic carbocycles. The average Bonchev–Trinajstić information content (AvgIpc) is 3.35. The lowest BCUT2D eigenvalue weighted by atomic mass is 9.94. The molecule has 10 nitrogen and oxygen atoms in total. The van der Waals surface area contributed by atoms with Crippen LogP contribution in [0.5, 0.6) is 5.75 Å². The lowest BCUT2D eigenvalue weighted by Gasteiger charge is -2.32. The van der Waals surface area contributed by atoms with E-state index in [1.165, 1.54) is 0 Å². The summed E-state index contributed by atoms with van der Waals surface area (Å²) >= 11 is 0. The molecule has 0 bridgehead atoms. The quantitative estimate of drug-likeness (QED) is 0.425. The van der Waals surface area contributed by atoms with Gasteiger partial charge in [0.05, 0.1) is 11.6 Å². The van der Waals surface area contributed by atoms with Gasteiger partial charge in [0.1, 0.15) is 23.9 Å². The minimum Gasteiger partial charge on any atom is -0.491 e. The lowest BCUT2D eigenvalue weighted by Crippen LogP contribution is -2.60. The monoisotopic (exact) mass is 516 g/mol. The van der Waals surface area contributed by atoms with Crippen molar-refractivity contribution < 1.29 is 28.7 Å². The van der Waals surface area contributed by atoms with Gasteiger partial charge in [-0.1, -0.05) is 38.8 Å². The summed E-state index contributed by atoms with van der Waals surface area (Å²) in [5.41, 5.74) is -0.705. The Kier molecular flexibility index (Phi) is 10.3. The van der Waals surface area contributed by atoms with Gasteiger partial charge in [-0.05, 0) is 43.7 Å².